The van der Waals surface area contributed by atoms with E-state index in [0.29, 0.717) is 12.5 Å². The Morgan fingerprint density at radius 2 is 2.30 bits per heavy atom. The third-order valence-electron chi connectivity index (χ3n) is 1.92. The van der Waals surface area contributed by atoms with E-state index in [1.807, 2.05) is 13.8 Å². The van der Waals surface area contributed by atoms with Gasteiger partial charge in [-0.2, -0.15) is 0 Å². The molecule has 1 rings (SSSR count). The Kier molecular flexibility index (Phi) is 1.79. The number of hydrogen-bond donors (Lipinski definition) is 0. The fourth-order valence-corrected chi connectivity index (χ4v) is 1.05. The molecule has 0 aliphatic heterocycles. The molecule has 2 heteroatoms. The molecular formula is C8H12O2. The van der Waals surface area contributed by atoms with E-state index in [-0.39, 0.29) is 11.9 Å². The van der Waals surface area contributed by atoms with Crippen LogP contribution >= 0.6 is 0 Å². The average Bonchev–Trinajstić information content (AvgIpc) is 2.42. The third-order valence-corrected chi connectivity index (χ3v) is 1.92. The smallest absolute Gasteiger partial charge is 0.313 e. The van der Waals surface area contributed by atoms with Crippen LogP contribution in [0.25, 0.3) is 0 Å². The van der Waals surface area contributed by atoms with Gasteiger partial charge in [0.1, 0.15) is 0 Å². The minimum Gasteiger partial charge on any atom is -0.466 e. The summed E-state index contributed by atoms with van der Waals surface area (Å²) in [5.41, 5.74) is 1.01. The Bertz CT molecular complexity index is 172. The number of ether oxygens (including phenoxy) is 1. The Hall–Kier alpha value is -0.790. The van der Waals surface area contributed by atoms with E-state index in [4.69, 9.17) is 4.74 Å². The SMILES string of the molecule is C=C1[C@H](C(=O)OCC)[C@H]1C. The van der Waals surface area contributed by atoms with Crippen molar-refractivity contribution in [1.82, 2.24) is 0 Å². The highest BCUT2D eigenvalue weighted by molar-refractivity contribution is 5.81. The lowest BCUT2D eigenvalue weighted by Crippen LogP contribution is -2.06. The summed E-state index contributed by atoms with van der Waals surface area (Å²) in [6.07, 6.45) is 0. The highest BCUT2D eigenvalue weighted by Crippen LogP contribution is 2.44. The van der Waals surface area contributed by atoms with E-state index in [9.17, 15) is 4.79 Å². The van der Waals surface area contributed by atoms with Crippen molar-refractivity contribution in [2.45, 2.75) is 13.8 Å². The molecule has 0 bridgehead atoms. The van der Waals surface area contributed by atoms with E-state index in [0.717, 1.165) is 5.57 Å². The second kappa shape index (κ2) is 2.45. The van der Waals surface area contributed by atoms with Crippen LogP contribution in [0.4, 0.5) is 0 Å². The predicted octanol–water partition coefficient (Wildman–Crippen LogP) is 1.37. The van der Waals surface area contributed by atoms with Gasteiger partial charge in [0.05, 0.1) is 12.5 Å². The summed E-state index contributed by atoms with van der Waals surface area (Å²) in [6, 6.07) is 0. The summed E-state index contributed by atoms with van der Waals surface area (Å²) in [6.45, 7) is 8.00. The van der Waals surface area contributed by atoms with Crippen LogP contribution in [-0.4, -0.2) is 12.6 Å². The van der Waals surface area contributed by atoms with Crippen molar-refractivity contribution in [3.8, 4) is 0 Å². The summed E-state index contributed by atoms with van der Waals surface area (Å²) in [7, 11) is 0. The lowest BCUT2D eigenvalue weighted by atomic mass is 10.3. The van der Waals surface area contributed by atoms with Gasteiger partial charge in [-0.15, -0.1) is 0 Å². The Morgan fingerprint density at radius 1 is 1.80 bits per heavy atom. The van der Waals surface area contributed by atoms with E-state index >= 15 is 0 Å². The zero-order chi connectivity index (χ0) is 7.72. The van der Waals surface area contributed by atoms with Gasteiger partial charge in [-0.25, -0.2) is 0 Å². The van der Waals surface area contributed by atoms with Crippen molar-refractivity contribution in [2.24, 2.45) is 11.8 Å². The molecule has 0 spiro atoms. The average molecular weight is 140 g/mol. The van der Waals surface area contributed by atoms with Crippen molar-refractivity contribution in [3.05, 3.63) is 12.2 Å². The quantitative estimate of drug-likeness (QED) is 0.427. The van der Waals surface area contributed by atoms with Crippen LogP contribution < -0.4 is 0 Å². The molecule has 0 aromatic rings. The Balaban J connectivity index is 2.38. The highest BCUT2D eigenvalue weighted by Gasteiger charge is 2.45. The summed E-state index contributed by atoms with van der Waals surface area (Å²) >= 11 is 0. The Labute approximate surface area is 60.9 Å². The van der Waals surface area contributed by atoms with Crippen molar-refractivity contribution in [2.75, 3.05) is 6.61 Å². The normalized spacial score (nSPS) is 30.0. The number of carbonyl (C=O) groups is 1. The molecule has 10 heavy (non-hydrogen) atoms. The first-order chi connectivity index (χ1) is 4.68. The van der Waals surface area contributed by atoms with Gasteiger partial charge >= 0.3 is 5.97 Å². The van der Waals surface area contributed by atoms with Crippen LogP contribution in [0.3, 0.4) is 0 Å². The van der Waals surface area contributed by atoms with Gasteiger partial charge in [-0.3, -0.25) is 4.79 Å². The molecule has 2 nitrogen and oxygen atoms in total. The van der Waals surface area contributed by atoms with Crippen molar-refractivity contribution in [1.29, 1.82) is 0 Å². The minimum absolute atomic E-state index is 0.0000463. The molecule has 0 N–H and O–H groups in total. The molecule has 56 valence electrons. The number of hydrogen-bond acceptors (Lipinski definition) is 2. The second-order valence-corrected chi connectivity index (χ2v) is 2.59. The Morgan fingerprint density at radius 3 is 2.60 bits per heavy atom. The number of rotatable bonds is 2. The number of carbonyl (C=O) groups excluding carboxylic acids is 1. The molecular weight excluding hydrogens is 128 g/mol. The van der Waals surface area contributed by atoms with Gasteiger partial charge in [0.2, 0.25) is 0 Å². The third kappa shape index (κ3) is 1.06. The zero-order valence-corrected chi connectivity index (χ0v) is 6.39. The largest absolute Gasteiger partial charge is 0.466 e. The molecule has 2 atom stereocenters. The molecule has 0 aromatic heterocycles. The second-order valence-electron chi connectivity index (χ2n) is 2.59. The maximum atomic E-state index is 10.9. The lowest BCUT2D eigenvalue weighted by Gasteiger charge is -1.96. The van der Waals surface area contributed by atoms with Gasteiger partial charge in [-0.1, -0.05) is 19.1 Å². The first-order valence-electron chi connectivity index (χ1n) is 3.53. The summed E-state index contributed by atoms with van der Waals surface area (Å²) in [5, 5.41) is 0. The molecule has 0 unspecified atom stereocenters. The fraction of sp³-hybridized carbons (Fsp3) is 0.625. The minimum atomic E-state index is -0.111. The van der Waals surface area contributed by atoms with Gasteiger partial charge in [-0.05, 0) is 12.8 Å². The van der Waals surface area contributed by atoms with Crippen LogP contribution in [0, 0.1) is 11.8 Å². The van der Waals surface area contributed by atoms with E-state index in [1.165, 1.54) is 0 Å². The van der Waals surface area contributed by atoms with Gasteiger partial charge in [0, 0.05) is 0 Å². The predicted molar refractivity (Wildman–Crippen MR) is 38.4 cm³/mol. The summed E-state index contributed by atoms with van der Waals surface area (Å²) in [4.78, 5) is 10.9. The summed E-state index contributed by atoms with van der Waals surface area (Å²) in [5.74, 6) is 0.235. The van der Waals surface area contributed by atoms with Crippen LogP contribution in [0.15, 0.2) is 12.2 Å². The topological polar surface area (TPSA) is 26.3 Å². The standard InChI is InChI=1S/C8H12O2/c1-4-10-8(9)7-5(2)6(7)3/h6-7H,2,4H2,1,3H3/t6-,7-/m0/s1. The first kappa shape index (κ1) is 7.32. The number of esters is 1. The molecule has 1 aliphatic carbocycles. The van der Waals surface area contributed by atoms with Crippen molar-refractivity contribution in [3.63, 3.8) is 0 Å². The van der Waals surface area contributed by atoms with Gasteiger partial charge in [0.25, 0.3) is 0 Å². The molecule has 1 aliphatic rings. The van der Waals surface area contributed by atoms with Crippen LogP contribution in [0.5, 0.6) is 0 Å². The summed E-state index contributed by atoms with van der Waals surface area (Å²) < 4.78 is 4.81. The van der Waals surface area contributed by atoms with Crippen molar-refractivity contribution < 1.29 is 9.53 Å². The molecule has 0 saturated heterocycles. The van der Waals surface area contributed by atoms with E-state index in [2.05, 4.69) is 6.58 Å². The zero-order valence-electron chi connectivity index (χ0n) is 6.39. The van der Waals surface area contributed by atoms with E-state index < -0.39 is 0 Å². The molecule has 0 amide bonds. The maximum absolute atomic E-state index is 10.9. The molecule has 1 fully saturated rings. The first-order valence-corrected chi connectivity index (χ1v) is 3.53. The van der Waals surface area contributed by atoms with Crippen LogP contribution in [0.1, 0.15) is 13.8 Å². The molecule has 0 aromatic carbocycles. The molecule has 0 radical (unpaired) electrons. The van der Waals surface area contributed by atoms with Crippen molar-refractivity contribution >= 4 is 5.97 Å². The van der Waals surface area contributed by atoms with Crippen LogP contribution in [-0.2, 0) is 9.53 Å². The van der Waals surface area contributed by atoms with Gasteiger partial charge < -0.3 is 4.74 Å². The maximum Gasteiger partial charge on any atom is 0.313 e. The lowest BCUT2D eigenvalue weighted by molar-refractivity contribution is -0.144. The monoisotopic (exact) mass is 140 g/mol. The van der Waals surface area contributed by atoms with E-state index in [1.54, 1.807) is 0 Å². The molecule has 1 saturated carbocycles. The fourth-order valence-electron chi connectivity index (χ4n) is 1.05. The van der Waals surface area contributed by atoms with Crippen LogP contribution in [0.2, 0.25) is 0 Å². The highest BCUT2D eigenvalue weighted by atomic mass is 16.5. The van der Waals surface area contributed by atoms with Gasteiger partial charge in [0.15, 0.2) is 0 Å². The molecule has 0 heterocycles.